The summed E-state index contributed by atoms with van der Waals surface area (Å²) >= 11 is 0. The number of nitrogens with zero attached hydrogens (tertiary/aromatic N) is 2. The van der Waals surface area contributed by atoms with Crippen LogP contribution in [0.1, 0.15) is 31.4 Å². The maximum atomic E-state index is 12.5. The minimum atomic E-state index is 0.247. The fraction of sp³-hybridized carbons (Fsp3) is 0.625. The quantitative estimate of drug-likeness (QED) is 0.886. The van der Waals surface area contributed by atoms with Crippen LogP contribution in [0.15, 0.2) is 24.4 Å². The second kappa shape index (κ2) is 6.35. The van der Waals surface area contributed by atoms with Gasteiger partial charge in [0.1, 0.15) is 0 Å². The van der Waals surface area contributed by atoms with E-state index in [1.54, 1.807) is 6.20 Å². The molecule has 2 aliphatic rings. The monoisotopic (exact) mass is 273 g/mol. The average molecular weight is 273 g/mol. The van der Waals surface area contributed by atoms with Crippen LogP contribution in [-0.2, 0) is 11.2 Å². The number of nitrogens with one attached hydrogen (secondary N) is 1. The van der Waals surface area contributed by atoms with E-state index < -0.39 is 0 Å². The Balaban J connectivity index is 1.59. The van der Waals surface area contributed by atoms with Crippen LogP contribution in [0.5, 0.6) is 0 Å². The maximum Gasteiger partial charge on any atom is 0.228 e. The number of pyridine rings is 1. The van der Waals surface area contributed by atoms with E-state index in [1.165, 1.54) is 25.7 Å². The largest absolute Gasteiger partial charge is 0.339 e. The maximum absolute atomic E-state index is 12.5. The van der Waals surface area contributed by atoms with Gasteiger partial charge in [-0.3, -0.25) is 9.78 Å². The summed E-state index contributed by atoms with van der Waals surface area (Å²) in [5, 5.41) is 3.44. The lowest BCUT2D eigenvalue weighted by Gasteiger charge is -2.30. The number of carbonyl (C=O) groups excluding carboxylic acids is 1. The van der Waals surface area contributed by atoms with Crippen molar-refractivity contribution in [2.75, 3.05) is 19.6 Å². The molecule has 4 nitrogen and oxygen atoms in total. The Morgan fingerprint density at radius 2 is 2.25 bits per heavy atom. The predicted octanol–water partition coefficient (Wildman–Crippen LogP) is 1.61. The zero-order valence-electron chi connectivity index (χ0n) is 11.9. The van der Waals surface area contributed by atoms with Crippen molar-refractivity contribution in [2.24, 2.45) is 5.92 Å². The van der Waals surface area contributed by atoms with E-state index in [9.17, 15) is 4.79 Å². The molecule has 2 heterocycles. The molecule has 0 radical (unpaired) electrons. The first-order valence-corrected chi connectivity index (χ1v) is 7.73. The van der Waals surface area contributed by atoms with Crippen LogP contribution in [0.3, 0.4) is 0 Å². The van der Waals surface area contributed by atoms with Crippen LogP contribution >= 0.6 is 0 Å². The Labute approximate surface area is 120 Å². The molecule has 108 valence electrons. The van der Waals surface area contributed by atoms with E-state index in [2.05, 4.69) is 15.2 Å². The summed E-state index contributed by atoms with van der Waals surface area (Å²) in [7, 11) is 0. The molecule has 1 amide bonds. The molecule has 0 aromatic carbocycles. The van der Waals surface area contributed by atoms with E-state index >= 15 is 0 Å². The fourth-order valence-corrected chi connectivity index (χ4v) is 2.96. The lowest BCUT2D eigenvalue weighted by Crippen LogP contribution is -2.42. The minimum Gasteiger partial charge on any atom is -0.339 e. The third-order valence-corrected chi connectivity index (χ3v) is 4.22. The number of hydrogen-bond acceptors (Lipinski definition) is 3. The summed E-state index contributed by atoms with van der Waals surface area (Å²) < 4.78 is 0. The highest BCUT2D eigenvalue weighted by molar-refractivity contribution is 5.79. The smallest absolute Gasteiger partial charge is 0.228 e. The number of aromatic nitrogens is 1. The zero-order valence-corrected chi connectivity index (χ0v) is 11.9. The molecule has 1 aliphatic heterocycles. The molecule has 1 aromatic rings. The summed E-state index contributed by atoms with van der Waals surface area (Å²) in [5.74, 6) is 0.869. The van der Waals surface area contributed by atoms with Gasteiger partial charge in [0.2, 0.25) is 5.91 Å². The van der Waals surface area contributed by atoms with Crippen LogP contribution in [0.4, 0.5) is 0 Å². The average Bonchev–Trinajstić information content (AvgIpc) is 3.31. The van der Waals surface area contributed by atoms with Crippen molar-refractivity contribution in [3.63, 3.8) is 0 Å². The highest BCUT2D eigenvalue weighted by Crippen LogP contribution is 2.29. The number of amides is 1. The number of rotatable bonds is 5. The van der Waals surface area contributed by atoms with Crippen molar-refractivity contribution >= 4 is 5.91 Å². The Morgan fingerprint density at radius 1 is 1.35 bits per heavy atom. The summed E-state index contributed by atoms with van der Waals surface area (Å²) in [5.41, 5.74) is 0.880. The van der Waals surface area contributed by atoms with Crippen LogP contribution in [0.25, 0.3) is 0 Å². The first-order valence-electron chi connectivity index (χ1n) is 7.73. The first-order chi connectivity index (χ1) is 9.83. The predicted molar refractivity (Wildman–Crippen MR) is 78.3 cm³/mol. The molecule has 1 N–H and O–H groups in total. The number of piperidine rings is 1. The zero-order chi connectivity index (χ0) is 13.8. The SMILES string of the molecule is O=C(Cc1ccccn1)N(CC1CCCNC1)C1CC1. The summed E-state index contributed by atoms with van der Waals surface area (Å²) in [6.07, 6.45) is 7.03. The third-order valence-electron chi connectivity index (χ3n) is 4.22. The topological polar surface area (TPSA) is 45.2 Å². The van der Waals surface area contributed by atoms with Crippen molar-refractivity contribution in [1.29, 1.82) is 0 Å². The van der Waals surface area contributed by atoms with Crippen molar-refractivity contribution in [3.05, 3.63) is 30.1 Å². The highest BCUT2D eigenvalue weighted by Gasteiger charge is 2.34. The van der Waals surface area contributed by atoms with Crippen LogP contribution in [0.2, 0.25) is 0 Å². The van der Waals surface area contributed by atoms with Crippen molar-refractivity contribution in [2.45, 2.75) is 38.1 Å². The van der Waals surface area contributed by atoms with Crippen LogP contribution in [0, 0.1) is 5.92 Å². The molecule has 1 saturated heterocycles. The van der Waals surface area contributed by atoms with Gasteiger partial charge in [-0.1, -0.05) is 6.07 Å². The van der Waals surface area contributed by atoms with Gasteiger partial charge in [0, 0.05) is 24.5 Å². The molecule has 1 aliphatic carbocycles. The normalized spacial score (nSPS) is 22.5. The standard InChI is InChI=1S/C16H23N3O/c20-16(10-14-5-1-2-9-18-14)19(15-6-7-15)12-13-4-3-8-17-11-13/h1-2,5,9,13,15,17H,3-4,6-8,10-12H2. The van der Waals surface area contributed by atoms with Crippen LogP contribution in [-0.4, -0.2) is 41.5 Å². The van der Waals surface area contributed by atoms with Gasteiger partial charge in [-0.25, -0.2) is 0 Å². The second-order valence-electron chi connectivity index (χ2n) is 5.99. The summed E-state index contributed by atoms with van der Waals surface area (Å²) in [6.45, 7) is 3.10. The van der Waals surface area contributed by atoms with Gasteiger partial charge in [-0.2, -0.15) is 0 Å². The van der Waals surface area contributed by atoms with Gasteiger partial charge < -0.3 is 10.2 Å². The minimum absolute atomic E-state index is 0.247. The van der Waals surface area contributed by atoms with E-state index in [1.807, 2.05) is 18.2 Å². The van der Waals surface area contributed by atoms with Crippen molar-refractivity contribution in [1.82, 2.24) is 15.2 Å². The van der Waals surface area contributed by atoms with E-state index in [0.717, 1.165) is 25.3 Å². The van der Waals surface area contributed by atoms with E-state index in [4.69, 9.17) is 0 Å². The van der Waals surface area contributed by atoms with Gasteiger partial charge in [-0.05, 0) is 56.8 Å². The van der Waals surface area contributed by atoms with E-state index in [-0.39, 0.29) is 5.91 Å². The van der Waals surface area contributed by atoms with Crippen molar-refractivity contribution < 1.29 is 4.79 Å². The first kappa shape index (κ1) is 13.6. The fourth-order valence-electron chi connectivity index (χ4n) is 2.96. The molecule has 0 spiro atoms. The molecular formula is C16H23N3O. The van der Waals surface area contributed by atoms with Gasteiger partial charge in [0.05, 0.1) is 6.42 Å². The van der Waals surface area contributed by atoms with Gasteiger partial charge in [-0.15, -0.1) is 0 Å². The molecule has 2 fully saturated rings. The molecule has 3 rings (SSSR count). The van der Waals surface area contributed by atoms with Crippen LogP contribution < -0.4 is 5.32 Å². The Morgan fingerprint density at radius 3 is 2.90 bits per heavy atom. The third kappa shape index (κ3) is 3.57. The molecule has 1 aromatic heterocycles. The lowest BCUT2D eigenvalue weighted by atomic mass is 9.99. The lowest BCUT2D eigenvalue weighted by molar-refractivity contribution is -0.131. The second-order valence-corrected chi connectivity index (χ2v) is 5.99. The van der Waals surface area contributed by atoms with Gasteiger partial charge >= 0.3 is 0 Å². The van der Waals surface area contributed by atoms with E-state index in [0.29, 0.717) is 18.4 Å². The molecular weight excluding hydrogens is 250 g/mol. The molecule has 20 heavy (non-hydrogen) atoms. The molecule has 4 heteroatoms. The Bertz CT molecular complexity index is 438. The number of carbonyl (C=O) groups is 1. The Kier molecular flexibility index (Phi) is 4.31. The molecule has 0 bridgehead atoms. The number of hydrogen-bond donors (Lipinski definition) is 1. The Hall–Kier alpha value is -1.42. The highest BCUT2D eigenvalue weighted by atomic mass is 16.2. The molecule has 1 saturated carbocycles. The summed E-state index contributed by atoms with van der Waals surface area (Å²) in [6, 6.07) is 6.27. The molecule has 1 atom stereocenters. The van der Waals surface area contributed by atoms with Gasteiger partial charge in [0.25, 0.3) is 0 Å². The van der Waals surface area contributed by atoms with Gasteiger partial charge in [0.15, 0.2) is 0 Å². The molecule has 1 unspecified atom stereocenters. The van der Waals surface area contributed by atoms with Crippen molar-refractivity contribution in [3.8, 4) is 0 Å². The summed E-state index contributed by atoms with van der Waals surface area (Å²) in [4.78, 5) is 18.9.